The van der Waals surface area contributed by atoms with Crippen LogP contribution < -0.4 is 16.6 Å². The first-order chi connectivity index (χ1) is 8.56. The van der Waals surface area contributed by atoms with Crippen LogP contribution in [0.1, 0.15) is 10.4 Å². The molecular weight excluding hydrogens is 300 g/mol. The van der Waals surface area contributed by atoms with Crippen molar-refractivity contribution in [3.8, 4) is 0 Å². The van der Waals surface area contributed by atoms with E-state index in [4.69, 9.17) is 5.73 Å². The number of H-pyrrole nitrogens is 1. The third-order valence-corrected chi connectivity index (χ3v) is 2.90. The molecule has 18 heavy (non-hydrogen) atoms. The van der Waals surface area contributed by atoms with E-state index < -0.39 is 0 Å². The van der Waals surface area contributed by atoms with E-state index in [0.717, 1.165) is 4.47 Å². The molecule has 92 valence electrons. The van der Waals surface area contributed by atoms with Gasteiger partial charge in [0.2, 0.25) is 0 Å². The first kappa shape index (κ1) is 12.3. The fraction of sp³-hybridized carbons (Fsp3) is 0. The van der Waals surface area contributed by atoms with Gasteiger partial charge in [-0.05, 0) is 40.2 Å². The predicted octanol–water partition coefficient (Wildman–Crippen LogP) is 1.37. The lowest BCUT2D eigenvalue weighted by Gasteiger charge is -2.05. The number of nitrogens with two attached hydrogens (primary N) is 1. The number of amides is 1. The quantitative estimate of drug-likeness (QED) is 0.729. The van der Waals surface area contributed by atoms with E-state index in [0.29, 0.717) is 11.3 Å². The summed E-state index contributed by atoms with van der Waals surface area (Å²) in [5.41, 5.74) is 6.22. The average molecular weight is 309 g/mol. The van der Waals surface area contributed by atoms with Crippen LogP contribution in [0.25, 0.3) is 0 Å². The number of nitrogens with one attached hydrogen (secondary N) is 2. The number of anilines is 2. The molecule has 0 fully saturated rings. The van der Waals surface area contributed by atoms with Crippen LogP contribution in [-0.2, 0) is 0 Å². The SMILES string of the molecule is Nc1cc(C(=O)Nc2ccc(=O)[nH]n2)ccc1Br. The summed E-state index contributed by atoms with van der Waals surface area (Å²) in [6.45, 7) is 0. The Morgan fingerprint density at radius 3 is 2.72 bits per heavy atom. The number of benzene rings is 1. The number of nitrogens with zero attached hydrogens (tertiary/aromatic N) is 1. The Hall–Kier alpha value is -2.15. The van der Waals surface area contributed by atoms with E-state index in [1.165, 1.54) is 12.1 Å². The molecule has 1 aromatic heterocycles. The zero-order valence-corrected chi connectivity index (χ0v) is 10.7. The number of aromatic amines is 1. The molecule has 1 heterocycles. The van der Waals surface area contributed by atoms with Crippen molar-refractivity contribution in [3.05, 3.63) is 50.7 Å². The highest BCUT2D eigenvalue weighted by atomic mass is 79.9. The maximum atomic E-state index is 11.8. The van der Waals surface area contributed by atoms with E-state index in [9.17, 15) is 9.59 Å². The van der Waals surface area contributed by atoms with E-state index in [1.807, 2.05) is 0 Å². The van der Waals surface area contributed by atoms with Crippen molar-refractivity contribution in [1.82, 2.24) is 10.2 Å². The lowest BCUT2D eigenvalue weighted by molar-refractivity contribution is 0.102. The summed E-state index contributed by atoms with van der Waals surface area (Å²) in [5, 5.41) is 8.44. The van der Waals surface area contributed by atoms with E-state index in [2.05, 4.69) is 31.4 Å². The second-order valence-electron chi connectivity index (χ2n) is 3.50. The zero-order valence-electron chi connectivity index (χ0n) is 9.11. The number of aromatic nitrogens is 2. The molecule has 0 saturated heterocycles. The van der Waals surface area contributed by atoms with Crippen molar-refractivity contribution in [2.45, 2.75) is 0 Å². The molecule has 4 N–H and O–H groups in total. The van der Waals surface area contributed by atoms with Crippen molar-refractivity contribution < 1.29 is 4.79 Å². The lowest BCUT2D eigenvalue weighted by atomic mass is 10.2. The number of rotatable bonds is 2. The minimum Gasteiger partial charge on any atom is -0.398 e. The normalized spacial score (nSPS) is 10.1. The third kappa shape index (κ3) is 2.75. The van der Waals surface area contributed by atoms with Gasteiger partial charge in [-0.1, -0.05) is 0 Å². The van der Waals surface area contributed by atoms with Crippen LogP contribution in [-0.4, -0.2) is 16.1 Å². The van der Waals surface area contributed by atoms with E-state index in [1.54, 1.807) is 18.2 Å². The summed E-state index contributed by atoms with van der Waals surface area (Å²) in [4.78, 5) is 22.7. The largest absolute Gasteiger partial charge is 0.398 e. The summed E-state index contributed by atoms with van der Waals surface area (Å²) in [6.07, 6.45) is 0. The summed E-state index contributed by atoms with van der Waals surface area (Å²) in [5.74, 6) is -0.0881. The molecule has 2 aromatic rings. The molecule has 0 bridgehead atoms. The second kappa shape index (κ2) is 5.01. The first-order valence-electron chi connectivity index (χ1n) is 4.98. The molecule has 0 aliphatic carbocycles. The molecule has 2 rings (SSSR count). The first-order valence-corrected chi connectivity index (χ1v) is 5.77. The molecule has 6 nitrogen and oxygen atoms in total. The smallest absolute Gasteiger partial charge is 0.264 e. The summed E-state index contributed by atoms with van der Waals surface area (Å²) in [7, 11) is 0. The Labute approximate surface area is 110 Å². The number of carbonyl (C=O) groups is 1. The highest BCUT2D eigenvalue weighted by molar-refractivity contribution is 9.10. The topological polar surface area (TPSA) is 101 Å². The number of carbonyl (C=O) groups excluding carboxylic acids is 1. The van der Waals surface area contributed by atoms with E-state index >= 15 is 0 Å². The maximum Gasteiger partial charge on any atom is 0.264 e. The van der Waals surface area contributed by atoms with Gasteiger partial charge < -0.3 is 11.1 Å². The Kier molecular flexibility index (Phi) is 3.42. The molecule has 1 aromatic carbocycles. The highest BCUT2D eigenvalue weighted by Gasteiger charge is 2.08. The van der Waals surface area contributed by atoms with Crippen LogP contribution in [0.4, 0.5) is 11.5 Å². The van der Waals surface area contributed by atoms with Gasteiger partial charge in [-0.3, -0.25) is 9.59 Å². The lowest BCUT2D eigenvalue weighted by Crippen LogP contribution is -2.15. The van der Waals surface area contributed by atoms with Gasteiger partial charge in [0.05, 0.1) is 0 Å². The van der Waals surface area contributed by atoms with Crippen LogP contribution in [0.2, 0.25) is 0 Å². The highest BCUT2D eigenvalue weighted by Crippen LogP contribution is 2.20. The van der Waals surface area contributed by atoms with Crippen molar-refractivity contribution in [2.24, 2.45) is 0 Å². The molecule has 0 saturated carbocycles. The van der Waals surface area contributed by atoms with Crippen LogP contribution in [0.3, 0.4) is 0 Å². The molecule has 7 heteroatoms. The molecule has 1 amide bonds. The molecular formula is C11H9BrN4O2. The minimum absolute atomic E-state index is 0.265. The van der Waals surface area contributed by atoms with Crippen LogP contribution >= 0.6 is 15.9 Å². The second-order valence-corrected chi connectivity index (χ2v) is 4.35. The zero-order chi connectivity index (χ0) is 13.1. The number of hydrogen-bond donors (Lipinski definition) is 3. The Bertz CT molecular complexity index is 633. The molecule has 0 atom stereocenters. The fourth-order valence-electron chi connectivity index (χ4n) is 1.29. The molecule has 0 aliphatic heterocycles. The van der Waals surface area contributed by atoms with Gasteiger partial charge in [0, 0.05) is 21.8 Å². The fourth-order valence-corrected chi connectivity index (χ4v) is 1.53. The maximum absolute atomic E-state index is 11.8. The van der Waals surface area contributed by atoms with Crippen LogP contribution in [0.15, 0.2) is 39.6 Å². The Morgan fingerprint density at radius 1 is 1.33 bits per heavy atom. The van der Waals surface area contributed by atoms with Gasteiger partial charge in [-0.2, -0.15) is 5.10 Å². The van der Waals surface area contributed by atoms with Crippen molar-refractivity contribution in [1.29, 1.82) is 0 Å². The molecule has 0 unspecified atom stereocenters. The number of halogens is 1. The Morgan fingerprint density at radius 2 is 2.11 bits per heavy atom. The number of hydrogen-bond acceptors (Lipinski definition) is 4. The van der Waals surface area contributed by atoms with Gasteiger partial charge in [-0.25, -0.2) is 5.10 Å². The minimum atomic E-state index is -0.353. The third-order valence-electron chi connectivity index (χ3n) is 2.18. The summed E-state index contributed by atoms with van der Waals surface area (Å²) < 4.78 is 0.723. The average Bonchev–Trinajstić information content (AvgIpc) is 2.35. The standard InChI is InChI=1S/C11H9BrN4O2/c12-7-2-1-6(5-8(7)13)11(18)14-9-3-4-10(17)16-15-9/h1-5H,13H2,(H,16,17)(H,14,15,18). The molecule has 0 aliphatic rings. The molecule has 0 spiro atoms. The monoisotopic (exact) mass is 308 g/mol. The van der Waals surface area contributed by atoms with Gasteiger partial charge in [0.1, 0.15) is 0 Å². The summed E-state index contributed by atoms with van der Waals surface area (Å²) in [6, 6.07) is 7.55. The van der Waals surface area contributed by atoms with Crippen molar-refractivity contribution in [3.63, 3.8) is 0 Å². The van der Waals surface area contributed by atoms with Crippen molar-refractivity contribution >= 4 is 33.3 Å². The van der Waals surface area contributed by atoms with Gasteiger partial charge in [-0.15, -0.1) is 0 Å². The van der Waals surface area contributed by atoms with Gasteiger partial charge in [0.15, 0.2) is 5.82 Å². The van der Waals surface area contributed by atoms with Gasteiger partial charge in [0.25, 0.3) is 11.5 Å². The molecule has 0 radical (unpaired) electrons. The van der Waals surface area contributed by atoms with Crippen molar-refractivity contribution in [2.75, 3.05) is 11.1 Å². The van der Waals surface area contributed by atoms with Crippen LogP contribution in [0.5, 0.6) is 0 Å². The number of nitrogen functional groups attached to an aromatic ring is 1. The van der Waals surface area contributed by atoms with Gasteiger partial charge >= 0.3 is 0 Å². The van der Waals surface area contributed by atoms with E-state index in [-0.39, 0.29) is 17.3 Å². The Balaban J connectivity index is 2.19. The predicted molar refractivity (Wildman–Crippen MR) is 71.4 cm³/mol. The van der Waals surface area contributed by atoms with Crippen LogP contribution in [0, 0.1) is 0 Å². The summed E-state index contributed by atoms with van der Waals surface area (Å²) >= 11 is 3.24.